The molecule has 0 unspecified atom stereocenters. The van der Waals surface area contributed by atoms with Gasteiger partial charge in [-0.3, -0.25) is 4.79 Å². The number of amides is 1. The van der Waals surface area contributed by atoms with Gasteiger partial charge in [0.05, 0.1) is 12.2 Å². The van der Waals surface area contributed by atoms with Gasteiger partial charge in [-0.05, 0) is 47.5 Å². The zero-order valence-electron chi connectivity index (χ0n) is 13.6. The van der Waals surface area contributed by atoms with Crippen molar-refractivity contribution in [1.29, 1.82) is 0 Å². The highest BCUT2D eigenvalue weighted by atomic mass is 35.5. The predicted octanol–water partition coefficient (Wildman–Crippen LogP) is 4.61. The minimum absolute atomic E-state index is 0.167. The highest BCUT2D eigenvalue weighted by Crippen LogP contribution is 2.25. The molecule has 2 N–H and O–H groups in total. The second kappa shape index (κ2) is 6.22. The van der Waals surface area contributed by atoms with Gasteiger partial charge in [-0.2, -0.15) is 0 Å². The molecule has 4 aromatic rings. The van der Waals surface area contributed by atoms with Crippen molar-refractivity contribution in [1.82, 2.24) is 15.3 Å². The molecule has 0 spiro atoms. The topological polar surface area (TPSA) is 57.8 Å². The van der Waals surface area contributed by atoms with Gasteiger partial charge in [-0.25, -0.2) is 4.98 Å². The fourth-order valence-electron chi connectivity index (χ4n) is 3.06. The second-order valence-corrected chi connectivity index (χ2v) is 6.46. The van der Waals surface area contributed by atoms with E-state index < -0.39 is 0 Å². The minimum atomic E-state index is -0.167. The van der Waals surface area contributed by atoms with Gasteiger partial charge in [-0.15, -0.1) is 0 Å². The Bertz CT molecular complexity index is 1080. The Morgan fingerprint density at radius 3 is 2.80 bits per heavy atom. The third kappa shape index (κ3) is 3.08. The van der Waals surface area contributed by atoms with Crippen LogP contribution in [0, 0.1) is 6.92 Å². The monoisotopic (exact) mass is 349 g/mol. The highest BCUT2D eigenvalue weighted by Gasteiger charge is 2.11. The normalized spacial score (nSPS) is 11.1. The number of hydrogen-bond donors (Lipinski definition) is 2. The van der Waals surface area contributed by atoms with Gasteiger partial charge in [0, 0.05) is 10.9 Å². The Morgan fingerprint density at radius 1 is 1.12 bits per heavy atom. The van der Waals surface area contributed by atoms with Crippen LogP contribution in [-0.2, 0) is 6.54 Å². The summed E-state index contributed by atoms with van der Waals surface area (Å²) in [6.07, 6.45) is 0. The first kappa shape index (κ1) is 15.7. The maximum atomic E-state index is 12.5. The number of nitrogens with one attached hydrogen (secondary N) is 2. The summed E-state index contributed by atoms with van der Waals surface area (Å²) in [6.45, 7) is 2.28. The molecule has 0 fully saturated rings. The summed E-state index contributed by atoms with van der Waals surface area (Å²) >= 11 is 5.96. The molecule has 0 radical (unpaired) electrons. The molecule has 5 heteroatoms. The van der Waals surface area contributed by atoms with Crippen LogP contribution in [0.1, 0.15) is 21.7 Å². The van der Waals surface area contributed by atoms with Crippen LogP contribution in [-0.4, -0.2) is 15.9 Å². The highest BCUT2D eigenvalue weighted by molar-refractivity contribution is 6.29. The van der Waals surface area contributed by atoms with Gasteiger partial charge < -0.3 is 10.3 Å². The smallest absolute Gasteiger partial charge is 0.268 e. The van der Waals surface area contributed by atoms with E-state index in [1.807, 2.05) is 37.3 Å². The number of H-pyrrole nitrogens is 1. The fraction of sp³-hybridized carbons (Fsp3) is 0.100. The van der Waals surface area contributed by atoms with Crippen molar-refractivity contribution >= 4 is 39.2 Å². The van der Waals surface area contributed by atoms with Crippen molar-refractivity contribution in [2.75, 3.05) is 0 Å². The van der Waals surface area contributed by atoms with Gasteiger partial charge in [0.2, 0.25) is 0 Å². The number of halogens is 1. The first-order valence-corrected chi connectivity index (χ1v) is 8.40. The van der Waals surface area contributed by atoms with Crippen molar-refractivity contribution in [2.45, 2.75) is 13.5 Å². The molecule has 0 saturated heterocycles. The third-order valence-electron chi connectivity index (χ3n) is 4.19. The Balaban J connectivity index is 1.60. The molecule has 1 amide bonds. The molecule has 4 rings (SSSR count). The summed E-state index contributed by atoms with van der Waals surface area (Å²) in [5.41, 5.74) is 3.23. The van der Waals surface area contributed by atoms with E-state index in [4.69, 9.17) is 11.6 Å². The lowest BCUT2D eigenvalue weighted by Gasteiger charge is -2.05. The van der Waals surface area contributed by atoms with Crippen LogP contribution >= 0.6 is 11.6 Å². The number of fused-ring (bicyclic) bond motifs is 3. The Labute approximate surface area is 149 Å². The lowest BCUT2D eigenvalue weighted by Crippen LogP contribution is -2.23. The number of aromatic amines is 1. The number of aryl methyl sites for hydroxylation is 1. The van der Waals surface area contributed by atoms with Crippen molar-refractivity contribution < 1.29 is 4.79 Å². The molecule has 0 atom stereocenters. The number of hydrogen-bond acceptors (Lipinski definition) is 2. The largest absolute Gasteiger partial charge is 0.351 e. The van der Waals surface area contributed by atoms with E-state index in [9.17, 15) is 4.79 Å². The van der Waals surface area contributed by atoms with E-state index in [1.54, 1.807) is 6.07 Å². The van der Waals surface area contributed by atoms with Crippen molar-refractivity contribution in [3.8, 4) is 0 Å². The summed E-state index contributed by atoms with van der Waals surface area (Å²) in [7, 11) is 0. The maximum absolute atomic E-state index is 12.5. The maximum Gasteiger partial charge on any atom is 0.268 e. The number of carbonyl (C=O) groups excluding carboxylic acids is 1. The van der Waals surface area contributed by atoms with Gasteiger partial charge in [-0.1, -0.05) is 41.9 Å². The number of pyridine rings is 1. The molecule has 0 aliphatic heterocycles. The molecule has 25 heavy (non-hydrogen) atoms. The Morgan fingerprint density at radius 2 is 1.96 bits per heavy atom. The molecular weight excluding hydrogens is 334 g/mol. The lowest BCUT2D eigenvalue weighted by molar-refractivity contribution is 0.0946. The van der Waals surface area contributed by atoms with Crippen LogP contribution in [0.15, 0.2) is 54.6 Å². The molecular formula is C20H16ClN3O. The Kier molecular flexibility index (Phi) is 3.90. The van der Waals surface area contributed by atoms with Crippen molar-refractivity contribution in [3.63, 3.8) is 0 Å². The van der Waals surface area contributed by atoms with Crippen LogP contribution in [0.3, 0.4) is 0 Å². The quantitative estimate of drug-likeness (QED) is 0.531. The second-order valence-electron chi connectivity index (χ2n) is 6.07. The van der Waals surface area contributed by atoms with Crippen LogP contribution in [0.5, 0.6) is 0 Å². The summed E-state index contributed by atoms with van der Waals surface area (Å²) in [5.74, 6) is -0.167. The van der Waals surface area contributed by atoms with E-state index in [1.165, 1.54) is 0 Å². The molecule has 0 aliphatic carbocycles. The lowest BCUT2D eigenvalue weighted by atomic mass is 10.1. The van der Waals surface area contributed by atoms with Gasteiger partial charge in [0.25, 0.3) is 5.91 Å². The summed E-state index contributed by atoms with van der Waals surface area (Å²) in [4.78, 5) is 19.9. The van der Waals surface area contributed by atoms with Gasteiger partial charge in [0.1, 0.15) is 10.8 Å². The number of aromatic nitrogens is 2. The number of rotatable bonds is 3. The van der Waals surface area contributed by atoms with Gasteiger partial charge >= 0.3 is 0 Å². The molecule has 4 nitrogen and oxygen atoms in total. The zero-order chi connectivity index (χ0) is 17.4. The molecule has 2 aromatic carbocycles. The van der Waals surface area contributed by atoms with E-state index in [0.29, 0.717) is 17.4 Å². The molecule has 2 heterocycles. The van der Waals surface area contributed by atoms with Crippen LogP contribution in [0.4, 0.5) is 0 Å². The first-order chi connectivity index (χ1) is 12.1. The fourth-order valence-corrected chi connectivity index (χ4v) is 3.34. The number of carbonyl (C=O) groups is 1. The predicted molar refractivity (Wildman–Crippen MR) is 101 cm³/mol. The number of benzene rings is 2. The summed E-state index contributed by atoms with van der Waals surface area (Å²) in [5, 5.41) is 6.64. The Hall–Kier alpha value is -2.85. The first-order valence-electron chi connectivity index (χ1n) is 8.02. The van der Waals surface area contributed by atoms with Crippen LogP contribution < -0.4 is 5.32 Å². The van der Waals surface area contributed by atoms with Crippen molar-refractivity contribution in [3.05, 3.63) is 76.7 Å². The average Bonchev–Trinajstić information content (AvgIpc) is 3.04. The average molecular weight is 350 g/mol. The summed E-state index contributed by atoms with van der Waals surface area (Å²) < 4.78 is 0. The molecule has 2 aromatic heterocycles. The molecule has 0 bridgehead atoms. The van der Waals surface area contributed by atoms with E-state index >= 15 is 0 Å². The molecule has 0 aliphatic rings. The van der Waals surface area contributed by atoms with Crippen LogP contribution in [0.25, 0.3) is 21.7 Å². The molecule has 124 valence electrons. The van der Waals surface area contributed by atoms with Crippen LogP contribution in [0.2, 0.25) is 5.15 Å². The standard InChI is InChI=1S/C20H16ClN3O/c1-12-8-14(23-19(21)9-12)11-22-20(25)18-10-16-15-5-3-2-4-13(15)6-7-17(16)24-18/h2-10,24H,11H2,1H3,(H,22,25). The minimum Gasteiger partial charge on any atom is -0.351 e. The zero-order valence-corrected chi connectivity index (χ0v) is 14.4. The molecule has 0 saturated carbocycles. The SMILES string of the molecule is Cc1cc(Cl)nc(CNC(=O)c2cc3c(ccc4ccccc43)[nH]2)c1. The van der Waals surface area contributed by atoms with E-state index in [0.717, 1.165) is 32.9 Å². The van der Waals surface area contributed by atoms with Gasteiger partial charge in [0.15, 0.2) is 0 Å². The third-order valence-corrected chi connectivity index (χ3v) is 4.39. The van der Waals surface area contributed by atoms with E-state index in [-0.39, 0.29) is 5.91 Å². The van der Waals surface area contributed by atoms with E-state index in [2.05, 4.69) is 33.5 Å². The number of nitrogens with zero attached hydrogens (tertiary/aromatic N) is 1. The summed E-state index contributed by atoms with van der Waals surface area (Å²) in [6, 6.07) is 17.8. The van der Waals surface area contributed by atoms with Crippen molar-refractivity contribution in [2.24, 2.45) is 0 Å².